The molecule has 0 unspecified atom stereocenters. The number of aryl methyl sites for hydroxylation is 2. The van der Waals surface area contributed by atoms with E-state index in [4.69, 9.17) is 16.3 Å². The molecule has 1 aliphatic rings. The van der Waals surface area contributed by atoms with Crippen LogP contribution in [0.25, 0.3) is 11.0 Å². The van der Waals surface area contributed by atoms with Gasteiger partial charge in [0, 0.05) is 30.7 Å². The highest BCUT2D eigenvalue weighted by Gasteiger charge is 2.29. The summed E-state index contributed by atoms with van der Waals surface area (Å²) < 4.78 is 9.30. The lowest BCUT2D eigenvalue weighted by atomic mass is 10.0. The van der Waals surface area contributed by atoms with E-state index in [-0.39, 0.29) is 17.8 Å². The molecule has 1 saturated heterocycles. The van der Waals surface area contributed by atoms with E-state index in [1.807, 2.05) is 54.2 Å². The lowest BCUT2D eigenvalue weighted by molar-refractivity contribution is 0.0188. The molecule has 7 heteroatoms. The Morgan fingerprint density at radius 1 is 1.03 bits per heavy atom. The van der Waals surface area contributed by atoms with Crippen LogP contribution < -0.4 is 5.69 Å². The van der Waals surface area contributed by atoms with Gasteiger partial charge in [-0.05, 0) is 76.6 Å². The van der Waals surface area contributed by atoms with E-state index in [0.29, 0.717) is 24.7 Å². The third-order valence-electron chi connectivity index (χ3n) is 6.35. The van der Waals surface area contributed by atoms with E-state index in [1.54, 1.807) is 4.90 Å². The molecule has 1 fully saturated rings. The Bertz CT molecular complexity index is 1190. The molecule has 182 valence electrons. The zero-order valence-corrected chi connectivity index (χ0v) is 21.1. The fourth-order valence-electron chi connectivity index (χ4n) is 4.70. The molecule has 0 N–H and O–H groups in total. The fraction of sp³-hybridized carbons (Fsp3) is 0.481. The zero-order valence-electron chi connectivity index (χ0n) is 20.3. The Morgan fingerprint density at radius 3 is 2.41 bits per heavy atom. The first-order chi connectivity index (χ1) is 16.2. The molecular weight excluding hydrogens is 450 g/mol. The summed E-state index contributed by atoms with van der Waals surface area (Å²) in [6.45, 7) is 7.42. The van der Waals surface area contributed by atoms with Gasteiger partial charge in [0.05, 0.1) is 11.0 Å². The van der Waals surface area contributed by atoms with Gasteiger partial charge in [-0.1, -0.05) is 41.9 Å². The van der Waals surface area contributed by atoms with Gasteiger partial charge in [0.1, 0.15) is 5.60 Å². The van der Waals surface area contributed by atoms with Gasteiger partial charge in [-0.2, -0.15) is 0 Å². The summed E-state index contributed by atoms with van der Waals surface area (Å²) >= 11 is 6.30. The molecule has 3 aromatic rings. The summed E-state index contributed by atoms with van der Waals surface area (Å²) in [6.07, 6.45) is 4.07. The van der Waals surface area contributed by atoms with E-state index >= 15 is 0 Å². The van der Waals surface area contributed by atoms with Gasteiger partial charge in [-0.3, -0.25) is 9.13 Å². The van der Waals surface area contributed by atoms with Crippen molar-refractivity contribution in [1.82, 2.24) is 14.0 Å². The lowest BCUT2D eigenvalue weighted by Gasteiger charge is -2.33. The molecule has 0 saturated carbocycles. The Balaban J connectivity index is 1.48. The lowest BCUT2D eigenvalue weighted by Crippen LogP contribution is -2.43. The zero-order chi connectivity index (χ0) is 24.3. The van der Waals surface area contributed by atoms with Crippen molar-refractivity contribution in [2.45, 2.75) is 71.1 Å². The van der Waals surface area contributed by atoms with Crippen molar-refractivity contribution in [1.29, 1.82) is 0 Å². The fourth-order valence-corrected chi connectivity index (χ4v) is 4.86. The maximum Gasteiger partial charge on any atom is 0.410 e. The summed E-state index contributed by atoms with van der Waals surface area (Å²) in [7, 11) is 0. The summed E-state index contributed by atoms with van der Waals surface area (Å²) in [4.78, 5) is 27.7. The highest BCUT2D eigenvalue weighted by molar-refractivity contribution is 6.31. The molecule has 6 nitrogen and oxygen atoms in total. The van der Waals surface area contributed by atoms with E-state index in [0.717, 1.165) is 43.1 Å². The Morgan fingerprint density at radius 2 is 1.74 bits per heavy atom. The highest BCUT2D eigenvalue weighted by Crippen LogP contribution is 2.28. The number of fused-ring (bicyclic) bond motifs is 1. The van der Waals surface area contributed by atoms with Gasteiger partial charge in [-0.25, -0.2) is 9.59 Å². The average Bonchev–Trinajstić information content (AvgIpc) is 3.07. The summed E-state index contributed by atoms with van der Waals surface area (Å²) in [5, 5.41) is 0.627. The smallest absolute Gasteiger partial charge is 0.410 e. The van der Waals surface area contributed by atoms with E-state index in [1.165, 1.54) is 5.56 Å². The number of likely N-dealkylation sites (tertiary alicyclic amines) is 1. The molecule has 1 aliphatic heterocycles. The number of hydrogen-bond donors (Lipinski definition) is 0. The van der Waals surface area contributed by atoms with Crippen molar-refractivity contribution in [3.63, 3.8) is 0 Å². The van der Waals surface area contributed by atoms with Crippen LogP contribution in [0.5, 0.6) is 0 Å². The van der Waals surface area contributed by atoms with Crippen molar-refractivity contribution in [3.8, 4) is 0 Å². The number of benzene rings is 2. The number of nitrogens with zero attached hydrogens (tertiary/aromatic N) is 3. The van der Waals surface area contributed by atoms with E-state index in [9.17, 15) is 9.59 Å². The van der Waals surface area contributed by atoms with Gasteiger partial charge in [0.2, 0.25) is 0 Å². The van der Waals surface area contributed by atoms with Gasteiger partial charge in [0.25, 0.3) is 0 Å². The first kappa shape index (κ1) is 24.4. The second-order valence-corrected chi connectivity index (χ2v) is 10.5. The van der Waals surface area contributed by atoms with Crippen LogP contribution in [-0.2, 0) is 17.7 Å². The summed E-state index contributed by atoms with van der Waals surface area (Å²) in [6, 6.07) is 16.1. The van der Waals surface area contributed by atoms with Crippen LogP contribution >= 0.6 is 11.6 Å². The number of amides is 1. The number of carbonyl (C=O) groups is 1. The summed E-state index contributed by atoms with van der Waals surface area (Å²) in [5.41, 5.74) is 2.60. The van der Waals surface area contributed by atoms with Gasteiger partial charge < -0.3 is 9.64 Å². The van der Waals surface area contributed by atoms with Crippen LogP contribution in [0.1, 0.15) is 58.1 Å². The van der Waals surface area contributed by atoms with Crippen LogP contribution in [0.4, 0.5) is 4.79 Å². The van der Waals surface area contributed by atoms with Crippen molar-refractivity contribution in [3.05, 3.63) is 69.6 Å². The number of carbonyl (C=O) groups excluding carboxylic acids is 1. The molecular formula is C27H34ClN3O3. The monoisotopic (exact) mass is 483 g/mol. The number of halogens is 1. The van der Waals surface area contributed by atoms with E-state index < -0.39 is 5.60 Å². The standard InChI is InChI=1S/C27H34ClN3O3/c1-27(2,3)34-26(33)29-17-14-22(15-18-29)31-23-13-12-21(28)19-24(23)30(25(31)32)16-8-7-11-20-9-5-4-6-10-20/h4-6,9-10,12-13,19,22H,7-8,11,14-18H2,1-3H3. The molecule has 0 bridgehead atoms. The molecule has 2 heterocycles. The molecule has 0 aliphatic carbocycles. The topological polar surface area (TPSA) is 56.5 Å². The highest BCUT2D eigenvalue weighted by atomic mass is 35.5. The first-order valence-corrected chi connectivity index (χ1v) is 12.5. The Hall–Kier alpha value is -2.73. The third kappa shape index (κ3) is 5.66. The molecule has 1 amide bonds. The van der Waals surface area contributed by atoms with E-state index in [2.05, 4.69) is 24.3 Å². The maximum absolute atomic E-state index is 13.5. The second-order valence-electron chi connectivity index (χ2n) is 10.1. The molecule has 4 rings (SSSR count). The number of piperidine rings is 1. The second kappa shape index (κ2) is 10.3. The van der Waals surface area contributed by atoms with Crippen molar-refractivity contribution < 1.29 is 9.53 Å². The van der Waals surface area contributed by atoms with Crippen LogP contribution in [-0.4, -0.2) is 38.8 Å². The number of hydrogen-bond acceptors (Lipinski definition) is 3. The predicted octanol–water partition coefficient (Wildman–Crippen LogP) is 6.05. The number of aromatic nitrogens is 2. The minimum atomic E-state index is -0.516. The summed E-state index contributed by atoms with van der Waals surface area (Å²) in [5.74, 6) is 0. The van der Waals surface area contributed by atoms with Crippen LogP contribution in [0.3, 0.4) is 0 Å². The molecule has 34 heavy (non-hydrogen) atoms. The molecule has 0 atom stereocenters. The number of ether oxygens (including phenoxy) is 1. The van der Waals surface area contributed by atoms with Crippen LogP contribution in [0, 0.1) is 0 Å². The normalized spacial score (nSPS) is 15.1. The molecule has 0 spiro atoms. The average molecular weight is 484 g/mol. The molecule has 2 aromatic carbocycles. The largest absolute Gasteiger partial charge is 0.444 e. The maximum atomic E-state index is 13.5. The molecule has 0 radical (unpaired) electrons. The van der Waals surface area contributed by atoms with Crippen molar-refractivity contribution in [2.75, 3.05) is 13.1 Å². The van der Waals surface area contributed by atoms with Gasteiger partial charge >= 0.3 is 11.8 Å². The molecule has 1 aromatic heterocycles. The van der Waals surface area contributed by atoms with Crippen molar-refractivity contribution in [2.24, 2.45) is 0 Å². The number of imidazole rings is 1. The minimum Gasteiger partial charge on any atom is -0.444 e. The SMILES string of the molecule is CC(C)(C)OC(=O)N1CCC(n2c(=O)n(CCCCc3ccccc3)c3cc(Cl)ccc32)CC1. The van der Waals surface area contributed by atoms with Gasteiger partial charge in [0.15, 0.2) is 0 Å². The third-order valence-corrected chi connectivity index (χ3v) is 6.58. The van der Waals surface area contributed by atoms with Crippen LogP contribution in [0.15, 0.2) is 53.3 Å². The number of unbranched alkanes of at least 4 members (excludes halogenated alkanes) is 1. The van der Waals surface area contributed by atoms with Crippen molar-refractivity contribution >= 4 is 28.7 Å². The van der Waals surface area contributed by atoms with Crippen LogP contribution in [0.2, 0.25) is 5.02 Å². The van der Waals surface area contributed by atoms with Gasteiger partial charge in [-0.15, -0.1) is 0 Å². The quantitative estimate of drug-likeness (QED) is 0.401. The first-order valence-electron chi connectivity index (χ1n) is 12.1. The number of rotatable bonds is 6. The Labute approximate surface area is 206 Å². The Kier molecular flexibility index (Phi) is 7.36. The minimum absolute atomic E-state index is 0.00713. The predicted molar refractivity (Wildman–Crippen MR) is 137 cm³/mol.